The van der Waals surface area contributed by atoms with Crippen LogP contribution >= 0.6 is 11.3 Å². The fourth-order valence-electron chi connectivity index (χ4n) is 1.75. The van der Waals surface area contributed by atoms with Crippen molar-refractivity contribution in [2.24, 2.45) is 11.8 Å². The topological polar surface area (TPSA) is 62.2 Å². The van der Waals surface area contributed by atoms with E-state index in [0.717, 1.165) is 24.1 Å². The van der Waals surface area contributed by atoms with Crippen LogP contribution in [-0.2, 0) is 6.54 Å². The summed E-state index contributed by atoms with van der Waals surface area (Å²) in [4.78, 5) is 14.6. The number of hydrogen-bond acceptors (Lipinski definition) is 4. The van der Waals surface area contributed by atoms with Crippen LogP contribution in [0.4, 0.5) is 0 Å². The molecule has 1 atom stereocenters. The molecule has 5 heteroatoms. The van der Waals surface area contributed by atoms with Gasteiger partial charge in [-0.15, -0.1) is 11.3 Å². The molecule has 1 aliphatic rings. The Kier molecular flexibility index (Phi) is 3.56. The third kappa shape index (κ3) is 3.02. The summed E-state index contributed by atoms with van der Waals surface area (Å²) in [6, 6.07) is 0. The van der Waals surface area contributed by atoms with Crippen LogP contribution in [0.25, 0.3) is 0 Å². The van der Waals surface area contributed by atoms with Crippen molar-refractivity contribution in [3.05, 3.63) is 16.1 Å². The number of nitrogens with zero attached hydrogens (tertiary/aromatic N) is 1. The van der Waals surface area contributed by atoms with Crippen LogP contribution in [0.5, 0.6) is 0 Å². The van der Waals surface area contributed by atoms with Crippen LogP contribution < -0.4 is 5.32 Å². The average molecular weight is 240 g/mol. The van der Waals surface area contributed by atoms with E-state index in [1.165, 1.54) is 24.2 Å². The maximum absolute atomic E-state index is 10.6. The first-order chi connectivity index (χ1) is 7.66. The Hall–Kier alpha value is -0.940. The molecule has 0 amide bonds. The Morgan fingerprint density at radius 1 is 1.75 bits per heavy atom. The normalized spacial score (nSPS) is 17.3. The number of carboxylic acid groups (broad SMARTS) is 1. The highest BCUT2D eigenvalue weighted by molar-refractivity contribution is 7.11. The zero-order valence-corrected chi connectivity index (χ0v) is 10.1. The molecule has 2 N–H and O–H groups in total. The van der Waals surface area contributed by atoms with E-state index in [2.05, 4.69) is 17.2 Å². The first kappa shape index (κ1) is 11.5. The average Bonchev–Trinajstić information content (AvgIpc) is 2.98. The highest BCUT2D eigenvalue weighted by atomic mass is 32.1. The SMILES string of the molecule is CC(CNCc1csc(C(=O)O)n1)C1CC1. The van der Waals surface area contributed by atoms with E-state index in [9.17, 15) is 4.79 Å². The van der Waals surface area contributed by atoms with Gasteiger partial charge < -0.3 is 10.4 Å². The van der Waals surface area contributed by atoms with Crippen molar-refractivity contribution in [1.29, 1.82) is 0 Å². The van der Waals surface area contributed by atoms with Gasteiger partial charge in [0.25, 0.3) is 0 Å². The van der Waals surface area contributed by atoms with Crippen LogP contribution in [0.2, 0.25) is 0 Å². The van der Waals surface area contributed by atoms with E-state index in [1.807, 2.05) is 0 Å². The van der Waals surface area contributed by atoms with Gasteiger partial charge in [0.15, 0.2) is 0 Å². The van der Waals surface area contributed by atoms with Gasteiger partial charge in [-0.25, -0.2) is 9.78 Å². The van der Waals surface area contributed by atoms with Crippen LogP contribution in [0.1, 0.15) is 35.3 Å². The van der Waals surface area contributed by atoms with Crippen LogP contribution in [-0.4, -0.2) is 22.6 Å². The molecule has 0 bridgehead atoms. The van der Waals surface area contributed by atoms with Gasteiger partial charge in [0.05, 0.1) is 5.69 Å². The molecule has 2 rings (SSSR count). The monoisotopic (exact) mass is 240 g/mol. The molecule has 1 aromatic heterocycles. The van der Waals surface area contributed by atoms with Crippen molar-refractivity contribution in [3.8, 4) is 0 Å². The van der Waals surface area contributed by atoms with E-state index >= 15 is 0 Å². The number of carbonyl (C=O) groups is 1. The molecule has 16 heavy (non-hydrogen) atoms. The van der Waals surface area contributed by atoms with Crippen molar-refractivity contribution in [2.45, 2.75) is 26.3 Å². The molecule has 0 saturated heterocycles. The Labute approximate surface area is 98.7 Å². The summed E-state index contributed by atoms with van der Waals surface area (Å²) >= 11 is 1.18. The Morgan fingerprint density at radius 3 is 3.06 bits per heavy atom. The highest BCUT2D eigenvalue weighted by Gasteiger charge is 2.27. The lowest BCUT2D eigenvalue weighted by Crippen LogP contribution is -2.22. The maximum atomic E-state index is 10.6. The molecule has 1 unspecified atom stereocenters. The third-order valence-corrected chi connectivity index (χ3v) is 3.81. The standard InChI is InChI=1S/C11H16N2O2S/c1-7(8-2-3-8)4-12-5-9-6-16-10(13-9)11(14)15/h6-8,12H,2-5H2,1H3,(H,14,15). The molecule has 1 saturated carbocycles. The second-order valence-electron chi connectivity index (χ2n) is 4.39. The summed E-state index contributed by atoms with van der Waals surface area (Å²) in [7, 11) is 0. The molecule has 1 heterocycles. The minimum atomic E-state index is -0.942. The molecule has 1 aliphatic carbocycles. The van der Waals surface area contributed by atoms with E-state index < -0.39 is 5.97 Å². The van der Waals surface area contributed by atoms with E-state index in [4.69, 9.17) is 5.11 Å². The summed E-state index contributed by atoms with van der Waals surface area (Å²) in [5.74, 6) is 0.678. The quantitative estimate of drug-likeness (QED) is 0.798. The van der Waals surface area contributed by atoms with Crippen molar-refractivity contribution < 1.29 is 9.90 Å². The second-order valence-corrected chi connectivity index (χ2v) is 5.25. The number of hydrogen-bond donors (Lipinski definition) is 2. The maximum Gasteiger partial charge on any atom is 0.365 e. The first-order valence-electron chi connectivity index (χ1n) is 5.55. The van der Waals surface area contributed by atoms with Gasteiger partial charge in [0, 0.05) is 11.9 Å². The first-order valence-corrected chi connectivity index (χ1v) is 6.43. The summed E-state index contributed by atoms with van der Waals surface area (Å²) in [5.41, 5.74) is 0.824. The Morgan fingerprint density at radius 2 is 2.50 bits per heavy atom. The predicted molar refractivity (Wildman–Crippen MR) is 62.7 cm³/mol. The Balaban J connectivity index is 1.73. The largest absolute Gasteiger partial charge is 0.476 e. The molecule has 1 aromatic rings. The summed E-state index contributed by atoms with van der Waals surface area (Å²) in [5, 5.41) is 14.0. The molecule has 0 aliphatic heterocycles. The van der Waals surface area contributed by atoms with Crippen molar-refractivity contribution in [2.75, 3.05) is 6.54 Å². The van der Waals surface area contributed by atoms with Gasteiger partial charge in [0.2, 0.25) is 5.01 Å². The number of nitrogens with one attached hydrogen (secondary N) is 1. The molecule has 0 aromatic carbocycles. The van der Waals surface area contributed by atoms with Gasteiger partial charge in [0.1, 0.15) is 0 Å². The molecule has 4 nitrogen and oxygen atoms in total. The van der Waals surface area contributed by atoms with Crippen LogP contribution in [0.3, 0.4) is 0 Å². The summed E-state index contributed by atoms with van der Waals surface area (Å²) < 4.78 is 0. The van der Waals surface area contributed by atoms with Crippen LogP contribution in [0, 0.1) is 11.8 Å². The van der Waals surface area contributed by atoms with E-state index in [0.29, 0.717) is 6.54 Å². The minimum absolute atomic E-state index is 0.173. The number of aromatic nitrogens is 1. The Bertz CT molecular complexity index is 374. The van der Waals surface area contributed by atoms with Crippen molar-refractivity contribution in [3.63, 3.8) is 0 Å². The molecule has 0 spiro atoms. The van der Waals surface area contributed by atoms with Crippen molar-refractivity contribution in [1.82, 2.24) is 10.3 Å². The third-order valence-electron chi connectivity index (χ3n) is 2.93. The lowest BCUT2D eigenvalue weighted by molar-refractivity contribution is 0.0696. The molecular weight excluding hydrogens is 224 g/mol. The number of thiazole rings is 1. The second kappa shape index (κ2) is 4.93. The molecule has 0 radical (unpaired) electrons. The van der Waals surface area contributed by atoms with Crippen LogP contribution in [0.15, 0.2) is 5.38 Å². The van der Waals surface area contributed by atoms with E-state index in [1.54, 1.807) is 5.38 Å². The predicted octanol–water partition coefficient (Wildman–Crippen LogP) is 1.98. The van der Waals surface area contributed by atoms with Gasteiger partial charge in [-0.1, -0.05) is 6.92 Å². The van der Waals surface area contributed by atoms with E-state index in [-0.39, 0.29) is 5.01 Å². The molecule has 88 valence electrons. The fraction of sp³-hybridized carbons (Fsp3) is 0.636. The smallest absolute Gasteiger partial charge is 0.365 e. The van der Waals surface area contributed by atoms with Gasteiger partial charge in [-0.05, 0) is 31.2 Å². The fourth-order valence-corrected chi connectivity index (χ4v) is 2.40. The number of aromatic carboxylic acids is 1. The van der Waals surface area contributed by atoms with Gasteiger partial charge in [-0.2, -0.15) is 0 Å². The zero-order valence-electron chi connectivity index (χ0n) is 9.27. The zero-order chi connectivity index (χ0) is 11.5. The summed E-state index contributed by atoms with van der Waals surface area (Å²) in [6.45, 7) is 3.92. The minimum Gasteiger partial charge on any atom is -0.476 e. The number of carboxylic acids is 1. The lowest BCUT2D eigenvalue weighted by Gasteiger charge is -2.09. The highest BCUT2D eigenvalue weighted by Crippen LogP contribution is 2.36. The lowest BCUT2D eigenvalue weighted by atomic mass is 10.1. The van der Waals surface area contributed by atoms with Gasteiger partial charge >= 0.3 is 5.97 Å². The van der Waals surface area contributed by atoms with Crippen molar-refractivity contribution >= 4 is 17.3 Å². The molecular formula is C11H16N2O2S. The number of rotatable bonds is 6. The summed E-state index contributed by atoms with van der Waals surface area (Å²) in [6.07, 6.45) is 2.73. The molecule has 1 fully saturated rings. The van der Waals surface area contributed by atoms with Gasteiger partial charge in [-0.3, -0.25) is 0 Å².